The van der Waals surface area contributed by atoms with Crippen LogP contribution in [0.4, 0.5) is 0 Å². The van der Waals surface area contributed by atoms with Gasteiger partial charge in [0, 0.05) is 17.4 Å². The van der Waals surface area contributed by atoms with Crippen LogP contribution in [0.5, 0.6) is 0 Å². The van der Waals surface area contributed by atoms with Gasteiger partial charge in [0.25, 0.3) is 0 Å². The van der Waals surface area contributed by atoms with Crippen molar-refractivity contribution in [1.29, 1.82) is 5.26 Å². The predicted octanol–water partition coefficient (Wildman–Crippen LogP) is 3.78. The summed E-state index contributed by atoms with van der Waals surface area (Å²) >= 11 is 6.26. The van der Waals surface area contributed by atoms with Gasteiger partial charge in [0.2, 0.25) is 0 Å². The molecule has 80 valence electrons. The van der Waals surface area contributed by atoms with Crippen molar-refractivity contribution in [2.45, 2.75) is 45.6 Å². The molecule has 0 saturated heterocycles. The second-order valence-electron chi connectivity index (χ2n) is 4.53. The SMILES string of the molecule is Cc1c(C#N)c(Cl)c(C(C)C)n1C1CC1. The van der Waals surface area contributed by atoms with Gasteiger partial charge < -0.3 is 4.57 Å². The van der Waals surface area contributed by atoms with Gasteiger partial charge in [-0.05, 0) is 25.7 Å². The molecule has 2 nitrogen and oxygen atoms in total. The van der Waals surface area contributed by atoms with Gasteiger partial charge in [-0.15, -0.1) is 0 Å². The molecule has 1 aromatic rings. The molecule has 2 rings (SSSR count). The quantitative estimate of drug-likeness (QED) is 0.749. The standard InChI is InChI=1S/C12H15ClN2/c1-7(2)12-11(13)10(6-14)8(3)15(12)9-4-5-9/h7,9H,4-5H2,1-3H3. The summed E-state index contributed by atoms with van der Waals surface area (Å²) in [7, 11) is 0. The molecule has 15 heavy (non-hydrogen) atoms. The normalized spacial score (nSPS) is 15.7. The number of nitrogens with zero attached hydrogens (tertiary/aromatic N) is 2. The van der Waals surface area contributed by atoms with Gasteiger partial charge in [-0.25, -0.2) is 0 Å². The van der Waals surface area contributed by atoms with E-state index in [1.54, 1.807) is 0 Å². The molecular formula is C12H15ClN2. The number of aromatic nitrogens is 1. The van der Waals surface area contributed by atoms with Gasteiger partial charge in [-0.2, -0.15) is 5.26 Å². The lowest BCUT2D eigenvalue weighted by atomic mass is 10.1. The minimum Gasteiger partial charge on any atom is -0.343 e. The van der Waals surface area contributed by atoms with Gasteiger partial charge in [0.1, 0.15) is 6.07 Å². The van der Waals surface area contributed by atoms with E-state index in [0.717, 1.165) is 11.4 Å². The molecular weight excluding hydrogens is 208 g/mol. The molecule has 3 heteroatoms. The summed E-state index contributed by atoms with van der Waals surface area (Å²) in [6.45, 7) is 6.25. The second kappa shape index (κ2) is 3.57. The Morgan fingerprint density at radius 2 is 2.07 bits per heavy atom. The average Bonchev–Trinajstić information content (AvgIpc) is 2.93. The van der Waals surface area contributed by atoms with Crippen molar-refractivity contribution in [2.75, 3.05) is 0 Å². The van der Waals surface area contributed by atoms with Crippen LogP contribution in [0, 0.1) is 18.3 Å². The van der Waals surface area contributed by atoms with Crippen molar-refractivity contribution in [1.82, 2.24) is 4.57 Å². The Morgan fingerprint density at radius 3 is 2.47 bits per heavy atom. The minimum atomic E-state index is 0.374. The van der Waals surface area contributed by atoms with E-state index in [-0.39, 0.29) is 0 Å². The van der Waals surface area contributed by atoms with Crippen molar-refractivity contribution in [3.8, 4) is 6.07 Å². The Labute approximate surface area is 95.5 Å². The first kappa shape index (κ1) is 10.6. The number of rotatable bonds is 2. The smallest absolute Gasteiger partial charge is 0.103 e. The maximum absolute atomic E-state index is 9.07. The van der Waals surface area contributed by atoms with Crippen LogP contribution >= 0.6 is 11.6 Å². The Kier molecular flexibility index (Phi) is 2.52. The zero-order valence-corrected chi connectivity index (χ0v) is 10.1. The molecule has 1 fully saturated rings. The van der Waals surface area contributed by atoms with Crippen LogP contribution in [-0.2, 0) is 0 Å². The molecule has 0 atom stereocenters. The molecule has 0 spiro atoms. The lowest BCUT2D eigenvalue weighted by molar-refractivity contribution is 0.643. The third-order valence-corrected chi connectivity index (χ3v) is 3.38. The van der Waals surface area contributed by atoms with Gasteiger partial charge >= 0.3 is 0 Å². The Hall–Kier alpha value is -0.940. The largest absolute Gasteiger partial charge is 0.343 e. The summed E-state index contributed by atoms with van der Waals surface area (Å²) in [5.74, 6) is 0.374. The van der Waals surface area contributed by atoms with Gasteiger partial charge in [0.15, 0.2) is 0 Å². The molecule has 0 amide bonds. The van der Waals surface area contributed by atoms with Crippen molar-refractivity contribution in [3.63, 3.8) is 0 Å². The van der Waals surface area contributed by atoms with Crippen LogP contribution in [0.3, 0.4) is 0 Å². The maximum Gasteiger partial charge on any atom is 0.103 e. The van der Waals surface area contributed by atoms with Gasteiger partial charge in [0.05, 0.1) is 10.6 Å². The fourth-order valence-electron chi connectivity index (χ4n) is 2.16. The van der Waals surface area contributed by atoms with E-state index in [1.807, 2.05) is 6.92 Å². The summed E-state index contributed by atoms with van der Waals surface area (Å²) in [4.78, 5) is 0. The van der Waals surface area contributed by atoms with Crippen LogP contribution in [0.2, 0.25) is 5.02 Å². The lowest BCUT2D eigenvalue weighted by Crippen LogP contribution is -2.04. The Balaban J connectivity index is 2.65. The topological polar surface area (TPSA) is 28.7 Å². The fourth-order valence-corrected chi connectivity index (χ4v) is 2.65. The molecule has 0 aliphatic heterocycles. The Morgan fingerprint density at radius 1 is 1.47 bits per heavy atom. The molecule has 1 saturated carbocycles. The van der Waals surface area contributed by atoms with E-state index < -0.39 is 0 Å². The molecule has 0 bridgehead atoms. The van der Waals surface area contributed by atoms with E-state index in [9.17, 15) is 0 Å². The lowest BCUT2D eigenvalue weighted by Gasteiger charge is -2.13. The van der Waals surface area contributed by atoms with Crippen molar-refractivity contribution >= 4 is 11.6 Å². The van der Waals surface area contributed by atoms with E-state index in [0.29, 0.717) is 22.5 Å². The van der Waals surface area contributed by atoms with Crippen molar-refractivity contribution in [2.24, 2.45) is 0 Å². The van der Waals surface area contributed by atoms with Crippen LogP contribution in [0.1, 0.15) is 55.6 Å². The first-order chi connectivity index (χ1) is 7.07. The van der Waals surface area contributed by atoms with Gasteiger partial charge in [-0.3, -0.25) is 0 Å². The molecule has 0 aromatic carbocycles. The molecule has 0 radical (unpaired) electrons. The summed E-state index contributed by atoms with van der Waals surface area (Å²) in [6.07, 6.45) is 2.44. The molecule has 1 aromatic heterocycles. The summed E-state index contributed by atoms with van der Waals surface area (Å²) in [5, 5.41) is 9.74. The average molecular weight is 223 g/mol. The highest BCUT2D eigenvalue weighted by molar-refractivity contribution is 6.32. The molecule has 1 aliphatic carbocycles. The molecule has 0 N–H and O–H groups in total. The zero-order valence-electron chi connectivity index (χ0n) is 9.34. The molecule has 0 unspecified atom stereocenters. The highest BCUT2D eigenvalue weighted by Crippen LogP contribution is 2.43. The first-order valence-corrected chi connectivity index (χ1v) is 5.76. The Bertz CT molecular complexity index is 408. The predicted molar refractivity (Wildman–Crippen MR) is 61.3 cm³/mol. The zero-order chi connectivity index (χ0) is 11.2. The highest BCUT2D eigenvalue weighted by Gasteiger charge is 2.31. The third kappa shape index (κ3) is 1.55. The maximum atomic E-state index is 9.07. The third-order valence-electron chi connectivity index (χ3n) is 3.00. The summed E-state index contributed by atoms with van der Waals surface area (Å²) in [6, 6.07) is 2.79. The number of nitriles is 1. The molecule has 1 heterocycles. The highest BCUT2D eigenvalue weighted by atomic mass is 35.5. The van der Waals surface area contributed by atoms with Crippen LogP contribution < -0.4 is 0 Å². The minimum absolute atomic E-state index is 0.374. The van der Waals surface area contributed by atoms with Gasteiger partial charge in [-0.1, -0.05) is 25.4 Å². The van der Waals surface area contributed by atoms with Crippen molar-refractivity contribution in [3.05, 3.63) is 22.0 Å². The second-order valence-corrected chi connectivity index (χ2v) is 4.91. The van der Waals surface area contributed by atoms with Crippen LogP contribution in [0.25, 0.3) is 0 Å². The number of hydrogen-bond donors (Lipinski definition) is 0. The first-order valence-electron chi connectivity index (χ1n) is 5.38. The van der Waals surface area contributed by atoms with E-state index in [2.05, 4.69) is 24.5 Å². The summed E-state index contributed by atoms with van der Waals surface area (Å²) in [5.41, 5.74) is 2.83. The van der Waals surface area contributed by atoms with Crippen LogP contribution in [-0.4, -0.2) is 4.57 Å². The molecule has 1 aliphatic rings. The van der Waals surface area contributed by atoms with E-state index >= 15 is 0 Å². The van der Waals surface area contributed by atoms with E-state index in [1.165, 1.54) is 12.8 Å². The fraction of sp³-hybridized carbons (Fsp3) is 0.583. The summed E-state index contributed by atoms with van der Waals surface area (Å²) < 4.78 is 2.27. The van der Waals surface area contributed by atoms with E-state index in [4.69, 9.17) is 16.9 Å². The van der Waals surface area contributed by atoms with Crippen LogP contribution in [0.15, 0.2) is 0 Å². The number of hydrogen-bond acceptors (Lipinski definition) is 1. The van der Waals surface area contributed by atoms with Crippen molar-refractivity contribution < 1.29 is 0 Å². The monoisotopic (exact) mass is 222 g/mol. The number of halogens is 1.